The maximum Gasteiger partial charge on any atom is 0.244 e. The SMILES string of the molecule is Cc1cc(C)c(C(Nc2ccccc2Cl)C(N)=O)c(C)c1. The molecule has 0 radical (unpaired) electrons. The van der Waals surface area contributed by atoms with E-state index in [1.165, 1.54) is 0 Å². The van der Waals surface area contributed by atoms with Crippen LogP contribution in [-0.2, 0) is 4.79 Å². The Morgan fingerprint density at radius 3 is 2.24 bits per heavy atom. The normalized spacial score (nSPS) is 12.0. The molecule has 110 valence electrons. The van der Waals surface area contributed by atoms with Crippen LogP contribution in [0.1, 0.15) is 28.3 Å². The first-order valence-electron chi connectivity index (χ1n) is 6.78. The van der Waals surface area contributed by atoms with E-state index < -0.39 is 11.9 Å². The van der Waals surface area contributed by atoms with E-state index in [1.54, 1.807) is 6.07 Å². The fourth-order valence-electron chi connectivity index (χ4n) is 2.67. The molecule has 0 aromatic heterocycles. The Labute approximate surface area is 130 Å². The van der Waals surface area contributed by atoms with Gasteiger partial charge in [0.15, 0.2) is 0 Å². The van der Waals surface area contributed by atoms with Gasteiger partial charge in [-0.05, 0) is 49.6 Å². The second-order valence-corrected chi connectivity index (χ2v) is 5.68. The summed E-state index contributed by atoms with van der Waals surface area (Å²) in [6.45, 7) is 6.00. The lowest BCUT2D eigenvalue weighted by molar-refractivity contribution is -0.118. The Bertz CT molecular complexity index is 659. The van der Waals surface area contributed by atoms with E-state index in [0.29, 0.717) is 10.7 Å². The number of amides is 1. The standard InChI is InChI=1S/C17H19ClN2O/c1-10-8-11(2)15(12(3)9-10)16(17(19)21)20-14-7-5-4-6-13(14)18/h4-9,16,20H,1-3H3,(H2,19,21). The summed E-state index contributed by atoms with van der Waals surface area (Å²) in [7, 11) is 0. The van der Waals surface area contributed by atoms with Crippen molar-refractivity contribution in [3.63, 3.8) is 0 Å². The number of carbonyl (C=O) groups is 1. The largest absolute Gasteiger partial charge is 0.369 e. The quantitative estimate of drug-likeness (QED) is 0.900. The van der Waals surface area contributed by atoms with Gasteiger partial charge in [-0.2, -0.15) is 0 Å². The molecule has 21 heavy (non-hydrogen) atoms. The number of hydrogen-bond acceptors (Lipinski definition) is 2. The summed E-state index contributed by atoms with van der Waals surface area (Å²) in [4.78, 5) is 11.9. The van der Waals surface area contributed by atoms with Gasteiger partial charge < -0.3 is 11.1 Å². The van der Waals surface area contributed by atoms with Crippen LogP contribution >= 0.6 is 11.6 Å². The maximum absolute atomic E-state index is 11.9. The minimum atomic E-state index is -0.606. The van der Waals surface area contributed by atoms with Crippen LogP contribution in [0.2, 0.25) is 5.02 Å². The number of halogens is 1. The Hall–Kier alpha value is -2.00. The van der Waals surface area contributed by atoms with E-state index in [0.717, 1.165) is 22.3 Å². The molecule has 2 aromatic carbocycles. The highest BCUT2D eigenvalue weighted by Gasteiger charge is 2.22. The van der Waals surface area contributed by atoms with Gasteiger partial charge in [-0.1, -0.05) is 41.4 Å². The average Bonchev–Trinajstić information content (AvgIpc) is 2.38. The number of anilines is 1. The maximum atomic E-state index is 11.9. The summed E-state index contributed by atoms with van der Waals surface area (Å²) in [5, 5.41) is 3.72. The highest BCUT2D eigenvalue weighted by atomic mass is 35.5. The minimum absolute atomic E-state index is 0.426. The molecule has 2 aromatic rings. The zero-order valence-corrected chi connectivity index (χ0v) is 13.2. The Kier molecular flexibility index (Phi) is 4.53. The Morgan fingerprint density at radius 2 is 1.71 bits per heavy atom. The van der Waals surface area contributed by atoms with Crippen molar-refractivity contribution in [2.45, 2.75) is 26.8 Å². The number of nitrogens with one attached hydrogen (secondary N) is 1. The van der Waals surface area contributed by atoms with E-state index in [2.05, 4.69) is 5.32 Å². The fraction of sp³-hybridized carbons (Fsp3) is 0.235. The van der Waals surface area contributed by atoms with Crippen molar-refractivity contribution in [1.29, 1.82) is 0 Å². The van der Waals surface area contributed by atoms with Crippen molar-refractivity contribution >= 4 is 23.2 Å². The van der Waals surface area contributed by atoms with E-state index in [-0.39, 0.29) is 0 Å². The van der Waals surface area contributed by atoms with Gasteiger partial charge in [0.25, 0.3) is 0 Å². The van der Waals surface area contributed by atoms with Crippen LogP contribution in [-0.4, -0.2) is 5.91 Å². The molecule has 1 amide bonds. The van der Waals surface area contributed by atoms with Gasteiger partial charge in [0.05, 0.1) is 10.7 Å². The first kappa shape index (κ1) is 15.4. The number of carbonyl (C=O) groups excluding carboxylic acids is 1. The van der Waals surface area contributed by atoms with Gasteiger partial charge in [0.2, 0.25) is 5.91 Å². The van der Waals surface area contributed by atoms with Crippen LogP contribution in [0, 0.1) is 20.8 Å². The van der Waals surface area contributed by atoms with Crippen molar-refractivity contribution in [1.82, 2.24) is 0 Å². The van der Waals surface area contributed by atoms with Crippen LogP contribution in [0.3, 0.4) is 0 Å². The van der Waals surface area contributed by atoms with Crippen LogP contribution in [0.25, 0.3) is 0 Å². The molecular formula is C17H19ClN2O. The molecule has 0 aliphatic heterocycles. The summed E-state index contributed by atoms with van der Waals surface area (Å²) in [6, 6.07) is 10.8. The van der Waals surface area contributed by atoms with Crippen LogP contribution in [0.5, 0.6) is 0 Å². The van der Waals surface area contributed by atoms with Crippen LogP contribution in [0.15, 0.2) is 36.4 Å². The summed E-state index contributed by atoms with van der Waals surface area (Å²) in [5.41, 5.74) is 10.4. The van der Waals surface area contributed by atoms with Crippen molar-refractivity contribution in [3.8, 4) is 0 Å². The van der Waals surface area contributed by atoms with Gasteiger partial charge in [-0.15, -0.1) is 0 Å². The molecule has 0 fully saturated rings. The molecule has 1 atom stereocenters. The molecular weight excluding hydrogens is 284 g/mol. The lowest BCUT2D eigenvalue weighted by Gasteiger charge is -2.22. The van der Waals surface area contributed by atoms with Crippen LogP contribution < -0.4 is 11.1 Å². The van der Waals surface area contributed by atoms with Crippen molar-refractivity contribution in [2.75, 3.05) is 5.32 Å². The van der Waals surface area contributed by atoms with E-state index >= 15 is 0 Å². The first-order valence-corrected chi connectivity index (χ1v) is 7.16. The van der Waals surface area contributed by atoms with Gasteiger partial charge in [0, 0.05) is 0 Å². The van der Waals surface area contributed by atoms with Gasteiger partial charge in [-0.25, -0.2) is 0 Å². The lowest BCUT2D eigenvalue weighted by Crippen LogP contribution is -2.29. The summed E-state index contributed by atoms with van der Waals surface area (Å²) < 4.78 is 0. The predicted molar refractivity (Wildman–Crippen MR) is 87.7 cm³/mol. The molecule has 1 unspecified atom stereocenters. The molecule has 0 spiro atoms. The summed E-state index contributed by atoms with van der Waals surface area (Å²) in [6.07, 6.45) is 0. The van der Waals surface area contributed by atoms with E-state index in [9.17, 15) is 4.79 Å². The second-order valence-electron chi connectivity index (χ2n) is 5.27. The number of para-hydroxylation sites is 1. The third kappa shape index (κ3) is 3.37. The third-order valence-corrected chi connectivity index (χ3v) is 3.81. The molecule has 0 bridgehead atoms. The number of nitrogens with two attached hydrogens (primary N) is 1. The summed E-state index contributed by atoms with van der Waals surface area (Å²) >= 11 is 6.15. The second kappa shape index (κ2) is 6.19. The minimum Gasteiger partial charge on any atom is -0.369 e. The molecule has 0 saturated heterocycles. The molecule has 0 saturated carbocycles. The van der Waals surface area contributed by atoms with E-state index in [1.807, 2.05) is 51.1 Å². The van der Waals surface area contributed by atoms with Gasteiger partial charge in [-0.3, -0.25) is 4.79 Å². The first-order chi connectivity index (χ1) is 9.90. The Balaban J connectivity index is 2.46. The highest BCUT2D eigenvalue weighted by Crippen LogP contribution is 2.29. The van der Waals surface area contributed by atoms with Gasteiger partial charge in [0.1, 0.15) is 6.04 Å². The topological polar surface area (TPSA) is 55.1 Å². The fourth-order valence-corrected chi connectivity index (χ4v) is 2.86. The number of primary amides is 1. The van der Waals surface area contributed by atoms with Crippen molar-refractivity contribution in [2.24, 2.45) is 5.73 Å². The van der Waals surface area contributed by atoms with Crippen LogP contribution in [0.4, 0.5) is 5.69 Å². The van der Waals surface area contributed by atoms with Crippen molar-refractivity contribution in [3.05, 3.63) is 63.7 Å². The number of rotatable bonds is 4. The number of benzene rings is 2. The molecule has 3 N–H and O–H groups in total. The predicted octanol–water partition coefficient (Wildman–Crippen LogP) is 3.90. The zero-order valence-electron chi connectivity index (χ0n) is 12.4. The van der Waals surface area contributed by atoms with E-state index in [4.69, 9.17) is 17.3 Å². The lowest BCUT2D eigenvalue weighted by atomic mass is 9.93. The number of hydrogen-bond donors (Lipinski definition) is 2. The Morgan fingerprint density at radius 1 is 1.14 bits per heavy atom. The molecule has 4 heteroatoms. The number of aryl methyl sites for hydroxylation is 3. The molecule has 3 nitrogen and oxygen atoms in total. The molecule has 0 aliphatic rings. The zero-order chi connectivity index (χ0) is 15.6. The summed E-state index contributed by atoms with van der Waals surface area (Å²) in [5.74, 6) is -0.426. The third-order valence-electron chi connectivity index (χ3n) is 3.48. The monoisotopic (exact) mass is 302 g/mol. The highest BCUT2D eigenvalue weighted by molar-refractivity contribution is 6.33. The molecule has 0 heterocycles. The van der Waals surface area contributed by atoms with Gasteiger partial charge >= 0.3 is 0 Å². The van der Waals surface area contributed by atoms with Crippen molar-refractivity contribution < 1.29 is 4.79 Å². The average molecular weight is 303 g/mol. The molecule has 0 aliphatic carbocycles. The molecule has 2 rings (SSSR count). The smallest absolute Gasteiger partial charge is 0.244 e.